The number of thiazole rings is 1. The molecule has 0 radical (unpaired) electrons. The summed E-state index contributed by atoms with van der Waals surface area (Å²) in [4.78, 5) is 30.8. The summed E-state index contributed by atoms with van der Waals surface area (Å²) < 4.78 is 10.5. The number of hydrogen-bond donors (Lipinski definition) is 2. The number of para-hydroxylation sites is 1. The maximum Gasteiger partial charge on any atom is 0.293 e. The summed E-state index contributed by atoms with van der Waals surface area (Å²) in [5, 5.41) is 7.79. The molecule has 1 aromatic carbocycles. The molecule has 8 nitrogen and oxygen atoms in total. The van der Waals surface area contributed by atoms with Gasteiger partial charge in [0.15, 0.2) is 10.9 Å². The summed E-state index contributed by atoms with van der Waals surface area (Å²) in [5.74, 6) is 0.458. The normalized spacial score (nSPS) is 11.9. The van der Waals surface area contributed by atoms with Gasteiger partial charge in [0.25, 0.3) is 5.91 Å². The number of ether oxygens (including phenoxy) is 1. The van der Waals surface area contributed by atoms with Crippen LogP contribution in [0.1, 0.15) is 27.9 Å². The highest BCUT2D eigenvalue weighted by Crippen LogP contribution is 2.27. The SMILES string of the molecule is COc1ccccc1C(CNC(=O)Cc1csc(NC(=O)c2ccco2)n1)N(C)C. The first-order valence-electron chi connectivity index (χ1n) is 9.33. The number of rotatable bonds is 9. The van der Waals surface area contributed by atoms with Gasteiger partial charge in [0.2, 0.25) is 5.91 Å². The van der Waals surface area contributed by atoms with Crippen LogP contribution in [0.15, 0.2) is 52.5 Å². The third-order valence-electron chi connectivity index (χ3n) is 4.47. The predicted octanol–water partition coefficient (Wildman–Crippen LogP) is 2.96. The lowest BCUT2D eigenvalue weighted by atomic mass is 10.0. The number of carbonyl (C=O) groups is 2. The van der Waals surface area contributed by atoms with Crippen LogP contribution in [0.25, 0.3) is 0 Å². The zero-order valence-electron chi connectivity index (χ0n) is 17.0. The summed E-state index contributed by atoms with van der Waals surface area (Å²) >= 11 is 1.26. The standard InChI is InChI=1S/C21H24N4O4S/c1-25(2)16(15-7-4-5-8-17(15)28-3)12-22-19(26)11-14-13-30-21(23-14)24-20(27)18-9-6-10-29-18/h4-10,13,16H,11-12H2,1-3H3,(H,22,26)(H,23,24,27). The number of aromatic nitrogens is 1. The number of benzene rings is 1. The van der Waals surface area contributed by atoms with E-state index in [9.17, 15) is 9.59 Å². The van der Waals surface area contributed by atoms with Crippen LogP contribution >= 0.6 is 11.3 Å². The zero-order chi connectivity index (χ0) is 21.5. The van der Waals surface area contributed by atoms with Crippen molar-refractivity contribution in [2.75, 3.05) is 33.1 Å². The molecule has 2 aromatic heterocycles. The lowest BCUT2D eigenvalue weighted by molar-refractivity contribution is -0.120. The highest BCUT2D eigenvalue weighted by molar-refractivity contribution is 7.14. The molecule has 0 spiro atoms. The quantitative estimate of drug-likeness (QED) is 0.544. The van der Waals surface area contributed by atoms with Crippen molar-refractivity contribution in [2.45, 2.75) is 12.5 Å². The Morgan fingerprint density at radius 2 is 2.03 bits per heavy atom. The van der Waals surface area contributed by atoms with E-state index in [1.54, 1.807) is 24.6 Å². The maximum atomic E-state index is 12.4. The van der Waals surface area contributed by atoms with E-state index in [2.05, 4.69) is 15.6 Å². The molecular weight excluding hydrogens is 404 g/mol. The summed E-state index contributed by atoms with van der Waals surface area (Å²) in [6.45, 7) is 0.429. The van der Waals surface area contributed by atoms with Gasteiger partial charge in [-0.05, 0) is 32.3 Å². The molecule has 0 aliphatic heterocycles. The number of hydrogen-bond acceptors (Lipinski definition) is 7. The first kappa shape index (κ1) is 21.5. The molecule has 3 aromatic rings. The largest absolute Gasteiger partial charge is 0.496 e. The van der Waals surface area contributed by atoms with Crippen molar-refractivity contribution < 1.29 is 18.7 Å². The van der Waals surface area contributed by atoms with Gasteiger partial charge in [-0.2, -0.15) is 0 Å². The van der Waals surface area contributed by atoms with Gasteiger partial charge < -0.3 is 19.4 Å². The van der Waals surface area contributed by atoms with Gasteiger partial charge in [-0.3, -0.25) is 14.9 Å². The number of nitrogens with one attached hydrogen (secondary N) is 2. The Balaban J connectivity index is 1.56. The summed E-state index contributed by atoms with van der Waals surface area (Å²) in [6, 6.07) is 10.9. The number of nitrogens with zero attached hydrogens (tertiary/aromatic N) is 2. The van der Waals surface area contributed by atoms with Crippen molar-refractivity contribution in [2.24, 2.45) is 0 Å². The van der Waals surface area contributed by atoms with Gasteiger partial charge in [0.05, 0.1) is 31.5 Å². The van der Waals surface area contributed by atoms with E-state index >= 15 is 0 Å². The molecular formula is C21H24N4O4S. The number of furan rings is 1. The van der Waals surface area contributed by atoms with Gasteiger partial charge in [-0.15, -0.1) is 11.3 Å². The van der Waals surface area contributed by atoms with E-state index in [0.29, 0.717) is 17.4 Å². The third kappa shape index (κ3) is 5.46. The molecule has 0 bridgehead atoms. The summed E-state index contributed by atoms with van der Waals surface area (Å²) in [5.41, 5.74) is 1.59. The number of carbonyl (C=O) groups excluding carboxylic acids is 2. The van der Waals surface area contributed by atoms with Crippen LogP contribution in [0.3, 0.4) is 0 Å². The number of anilines is 1. The van der Waals surface area contributed by atoms with Crippen LogP contribution in [0.5, 0.6) is 5.75 Å². The highest BCUT2D eigenvalue weighted by Gasteiger charge is 2.19. The number of likely N-dealkylation sites (N-methyl/N-ethyl adjacent to an activating group) is 1. The van der Waals surface area contributed by atoms with Crippen molar-refractivity contribution in [1.29, 1.82) is 0 Å². The third-order valence-corrected chi connectivity index (χ3v) is 5.28. The minimum Gasteiger partial charge on any atom is -0.496 e. The van der Waals surface area contributed by atoms with E-state index in [1.807, 2.05) is 43.3 Å². The molecule has 0 saturated carbocycles. The molecule has 2 heterocycles. The van der Waals surface area contributed by atoms with Gasteiger partial charge in [-0.1, -0.05) is 18.2 Å². The average Bonchev–Trinajstić information content (AvgIpc) is 3.40. The highest BCUT2D eigenvalue weighted by atomic mass is 32.1. The molecule has 30 heavy (non-hydrogen) atoms. The Bertz CT molecular complexity index is 985. The maximum absolute atomic E-state index is 12.4. The first-order chi connectivity index (χ1) is 14.5. The second-order valence-corrected chi connectivity index (χ2v) is 7.64. The first-order valence-corrected chi connectivity index (χ1v) is 10.2. The minimum absolute atomic E-state index is 0.0383. The Kier molecular flexibility index (Phi) is 7.21. The fourth-order valence-corrected chi connectivity index (χ4v) is 3.67. The molecule has 0 saturated heterocycles. The molecule has 2 amide bonds. The van der Waals surface area contributed by atoms with E-state index in [1.165, 1.54) is 17.6 Å². The molecule has 0 aliphatic carbocycles. The van der Waals surface area contributed by atoms with Gasteiger partial charge in [0.1, 0.15) is 5.75 Å². The van der Waals surface area contributed by atoms with E-state index in [0.717, 1.165) is 11.3 Å². The Morgan fingerprint density at radius 3 is 2.73 bits per heavy atom. The monoisotopic (exact) mass is 428 g/mol. The molecule has 158 valence electrons. The topological polar surface area (TPSA) is 96.7 Å². The summed E-state index contributed by atoms with van der Waals surface area (Å²) in [7, 11) is 5.55. The lowest BCUT2D eigenvalue weighted by Gasteiger charge is -2.26. The Hall–Kier alpha value is -3.17. The van der Waals surface area contributed by atoms with Crippen molar-refractivity contribution in [1.82, 2.24) is 15.2 Å². The van der Waals surface area contributed by atoms with Crippen LogP contribution in [-0.2, 0) is 11.2 Å². The van der Waals surface area contributed by atoms with Crippen molar-refractivity contribution >= 4 is 28.3 Å². The second kappa shape index (κ2) is 10.0. The minimum atomic E-state index is -0.379. The number of amides is 2. The fraction of sp³-hybridized carbons (Fsp3) is 0.286. The Labute approximate surface area is 178 Å². The van der Waals surface area contributed by atoms with Gasteiger partial charge in [0, 0.05) is 17.5 Å². The van der Waals surface area contributed by atoms with Gasteiger partial charge in [-0.25, -0.2) is 4.98 Å². The summed E-state index contributed by atoms with van der Waals surface area (Å²) in [6.07, 6.45) is 1.55. The smallest absolute Gasteiger partial charge is 0.293 e. The van der Waals surface area contributed by atoms with Crippen molar-refractivity contribution in [3.8, 4) is 5.75 Å². The molecule has 1 unspecified atom stereocenters. The van der Waals surface area contributed by atoms with Gasteiger partial charge >= 0.3 is 0 Å². The van der Waals surface area contributed by atoms with E-state index in [-0.39, 0.29) is 30.0 Å². The van der Waals surface area contributed by atoms with Crippen LogP contribution in [0.4, 0.5) is 5.13 Å². The van der Waals surface area contributed by atoms with Crippen molar-refractivity contribution in [3.05, 3.63) is 65.1 Å². The van der Waals surface area contributed by atoms with Crippen LogP contribution in [0, 0.1) is 0 Å². The van der Waals surface area contributed by atoms with Crippen LogP contribution < -0.4 is 15.4 Å². The fourth-order valence-electron chi connectivity index (χ4n) is 2.96. The van der Waals surface area contributed by atoms with E-state index in [4.69, 9.17) is 9.15 Å². The molecule has 3 rings (SSSR count). The van der Waals surface area contributed by atoms with Crippen LogP contribution in [0.2, 0.25) is 0 Å². The van der Waals surface area contributed by atoms with Crippen LogP contribution in [-0.4, -0.2) is 49.4 Å². The number of methoxy groups -OCH3 is 1. The lowest BCUT2D eigenvalue weighted by Crippen LogP contribution is -2.35. The molecule has 1 atom stereocenters. The zero-order valence-corrected chi connectivity index (χ0v) is 17.9. The predicted molar refractivity (Wildman–Crippen MR) is 115 cm³/mol. The Morgan fingerprint density at radius 1 is 1.23 bits per heavy atom. The average molecular weight is 429 g/mol. The molecule has 9 heteroatoms. The van der Waals surface area contributed by atoms with E-state index < -0.39 is 0 Å². The molecule has 2 N–H and O–H groups in total. The second-order valence-electron chi connectivity index (χ2n) is 6.78. The molecule has 0 aliphatic rings. The van der Waals surface area contributed by atoms with Crippen molar-refractivity contribution in [3.63, 3.8) is 0 Å². The molecule has 0 fully saturated rings.